The highest BCUT2D eigenvalue weighted by Crippen LogP contribution is 2.33. The summed E-state index contributed by atoms with van der Waals surface area (Å²) in [5.41, 5.74) is 0.256. The molecular formula is C24H19F3N4O3S. The second-order valence-corrected chi connectivity index (χ2v) is 8.47. The van der Waals surface area contributed by atoms with Crippen molar-refractivity contribution < 1.29 is 27.5 Å². The van der Waals surface area contributed by atoms with Gasteiger partial charge in [-0.2, -0.15) is 13.2 Å². The van der Waals surface area contributed by atoms with Crippen LogP contribution in [0.15, 0.2) is 66.9 Å². The van der Waals surface area contributed by atoms with Crippen LogP contribution in [0.5, 0.6) is 5.75 Å². The molecule has 0 atom stereocenters. The first-order valence-electron chi connectivity index (χ1n) is 10.3. The monoisotopic (exact) mass is 500 g/mol. The van der Waals surface area contributed by atoms with Gasteiger partial charge in [-0.05, 0) is 65.5 Å². The lowest BCUT2D eigenvalue weighted by atomic mass is 10.2. The van der Waals surface area contributed by atoms with Crippen molar-refractivity contribution in [1.82, 2.24) is 10.3 Å². The summed E-state index contributed by atoms with van der Waals surface area (Å²) in [6.45, 7) is 0.230. The zero-order valence-electron chi connectivity index (χ0n) is 18.3. The predicted molar refractivity (Wildman–Crippen MR) is 128 cm³/mol. The largest absolute Gasteiger partial charge is 0.489 e. The maximum absolute atomic E-state index is 12.9. The summed E-state index contributed by atoms with van der Waals surface area (Å²) in [7, 11) is 1.53. The highest BCUT2D eigenvalue weighted by atomic mass is 32.1. The Kier molecular flexibility index (Phi) is 6.87. The molecule has 0 aliphatic heterocycles. The molecule has 2 aromatic carbocycles. The molecular weight excluding hydrogens is 481 g/mol. The molecule has 2 aromatic heterocycles. The molecule has 7 nitrogen and oxygen atoms in total. The second kappa shape index (κ2) is 10.0. The highest BCUT2D eigenvalue weighted by molar-refractivity contribution is 7.23. The van der Waals surface area contributed by atoms with Crippen LogP contribution in [0.2, 0.25) is 0 Å². The first-order chi connectivity index (χ1) is 16.7. The number of rotatable bonds is 6. The molecule has 180 valence electrons. The fourth-order valence-electron chi connectivity index (χ4n) is 3.19. The molecule has 3 N–H and O–H groups in total. The number of fused-ring (bicyclic) bond motifs is 1. The van der Waals surface area contributed by atoms with Gasteiger partial charge in [0.15, 0.2) is 0 Å². The number of anilines is 2. The topological polar surface area (TPSA) is 92.4 Å². The van der Waals surface area contributed by atoms with E-state index in [2.05, 4.69) is 20.9 Å². The normalized spacial score (nSPS) is 11.2. The molecule has 4 rings (SSSR count). The van der Waals surface area contributed by atoms with Crippen molar-refractivity contribution in [2.75, 3.05) is 17.7 Å². The minimum atomic E-state index is -4.50. The van der Waals surface area contributed by atoms with Crippen LogP contribution in [-0.2, 0) is 12.8 Å². The third kappa shape index (κ3) is 6.07. The van der Waals surface area contributed by atoms with E-state index in [9.17, 15) is 22.8 Å². The zero-order valence-corrected chi connectivity index (χ0v) is 19.1. The van der Waals surface area contributed by atoms with Crippen LogP contribution < -0.4 is 20.7 Å². The molecule has 0 aliphatic carbocycles. The maximum Gasteiger partial charge on any atom is 0.416 e. The lowest BCUT2D eigenvalue weighted by Crippen LogP contribution is -2.19. The Morgan fingerprint density at radius 3 is 2.63 bits per heavy atom. The molecule has 11 heteroatoms. The summed E-state index contributed by atoms with van der Waals surface area (Å²) in [5, 5.41) is 8.95. The van der Waals surface area contributed by atoms with Gasteiger partial charge in [0.05, 0.1) is 10.6 Å². The number of nitrogens with one attached hydrogen (secondary N) is 3. The van der Waals surface area contributed by atoms with E-state index in [0.29, 0.717) is 16.4 Å². The number of aromatic nitrogens is 1. The van der Waals surface area contributed by atoms with Crippen molar-refractivity contribution in [1.29, 1.82) is 0 Å². The van der Waals surface area contributed by atoms with Crippen LogP contribution in [0.3, 0.4) is 0 Å². The molecule has 0 spiro atoms. The van der Waals surface area contributed by atoms with Gasteiger partial charge >= 0.3 is 12.2 Å². The molecule has 0 radical (unpaired) electrons. The molecule has 0 bridgehead atoms. The van der Waals surface area contributed by atoms with Gasteiger partial charge < -0.3 is 15.4 Å². The predicted octanol–water partition coefficient (Wildman–Crippen LogP) is 5.90. The van der Waals surface area contributed by atoms with Gasteiger partial charge in [-0.25, -0.2) is 4.79 Å². The summed E-state index contributed by atoms with van der Waals surface area (Å²) in [6, 6.07) is 14.3. The van der Waals surface area contributed by atoms with Crippen molar-refractivity contribution in [3.63, 3.8) is 0 Å². The summed E-state index contributed by atoms with van der Waals surface area (Å²) in [5.74, 6) is 0.307. The molecule has 0 fully saturated rings. The number of carbonyl (C=O) groups is 2. The van der Waals surface area contributed by atoms with E-state index in [1.807, 2.05) is 12.1 Å². The number of hydrogen-bond donors (Lipinski definition) is 3. The SMILES string of the molecule is CNC(=O)c1cc(COc2ccc3cc(NC(=O)Nc4cccc(C(F)(F)F)c4)sc3c2)ccn1. The van der Waals surface area contributed by atoms with Crippen molar-refractivity contribution in [2.24, 2.45) is 0 Å². The Hall–Kier alpha value is -4.12. The van der Waals surface area contributed by atoms with Gasteiger partial charge in [-0.3, -0.25) is 15.1 Å². The summed E-state index contributed by atoms with van der Waals surface area (Å²) < 4.78 is 45.3. The summed E-state index contributed by atoms with van der Waals surface area (Å²) in [6.07, 6.45) is -2.96. The van der Waals surface area contributed by atoms with Crippen molar-refractivity contribution >= 4 is 44.0 Å². The van der Waals surface area contributed by atoms with Crippen LogP contribution in [0.4, 0.5) is 28.7 Å². The van der Waals surface area contributed by atoms with E-state index in [1.165, 1.54) is 36.7 Å². The fraction of sp³-hybridized carbons (Fsp3) is 0.125. The maximum atomic E-state index is 12.9. The number of alkyl halides is 3. The third-order valence-electron chi connectivity index (χ3n) is 4.87. The van der Waals surface area contributed by atoms with Gasteiger partial charge in [0.1, 0.15) is 18.1 Å². The summed E-state index contributed by atoms with van der Waals surface area (Å²) in [4.78, 5) is 28.0. The van der Waals surface area contributed by atoms with Crippen LogP contribution in [0.1, 0.15) is 21.6 Å². The molecule has 0 saturated heterocycles. The number of hydrogen-bond acceptors (Lipinski definition) is 5. The number of halogens is 3. The first-order valence-corrected chi connectivity index (χ1v) is 11.1. The number of pyridine rings is 1. The van der Waals surface area contributed by atoms with Gasteiger partial charge in [0, 0.05) is 23.6 Å². The van der Waals surface area contributed by atoms with Gasteiger partial charge in [-0.15, -0.1) is 11.3 Å². The van der Waals surface area contributed by atoms with E-state index in [0.717, 1.165) is 27.8 Å². The van der Waals surface area contributed by atoms with Gasteiger partial charge in [0.25, 0.3) is 5.91 Å². The number of nitrogens with zero attached hydrogens (tertiary/aromatic N) is 1. The number of amides is 3. The van der Waals surface area contributed by atoms with Gasteiger partial charge in [-0.1, -0.05) is 6.07 Å². The minimum Gasteiger partial charge on any atom is -0.489 e. The lowest BCUT2D eigenvalue weighted by molar-refractivity contribution is -0.137. The standard InChI is InChI=1S/C24H19F3N4O3S/c1-28-22(32)19-9-14(7-8-29-19)13-34-18-6-5-15-10-21(35-20(15)12-18)31-23(33)30-17-4-2-3-16(11-17)24(25,26)27/h2-12H,13H2,1H3,(H,28,32)(H2,30,31,33). The molecule has 0 aliphatic rings. The van der Waals surface area contributed by atoms with E-state index in [1.54, 1.807) is 24.3 Å². The van der Waals surface area contributed by atoms with Crippen LogP contribution in [0, 0.1) is 0 Å². The number of carbonyl (C=O) groups excluding carboxylic acids is 2. The average Bonchev–Trinajstić information content (AvgIpc) is 3.23. The van der Waals surface area contributed by atoms with Crippen LogP contribution in [0.25, 0.3) is 10.1 Å². The molecule has 4 aromatic rings. The van der Waals surface area contributed by atoms with Crippen LogP contribution in [-0.4, -0.2) is 24.0 Å². The minimum absolute atomic E-state index is 0.0322. The van der Waals surface area contributed by atoms with E-state index in [-0.39, 0.29) is 18.2 Å². The van der Waals surface area contributed by atoms with E-state index in [4.69, 9.17) is 4.74 Å². The Labute approximate surface area is 201 Å². The highest BCUT2D eigenvalue weighted by Gasteiger charge is 2.30. The Morgan fingerprint density at radius 2 is 1.86 bits per heavy atom. The molecule has 0 unspecified atom stereocenters. The number of ether oxygens (including phenoxy) is 1. The lowest BCUT2D eigenvalue weighted by Gasteiger charge is -2.10. The number of thiophene rings is 1. The van der Waals surface area contributed by atoms with Crippen molar-refractivity contribution in [2.45, 2.75) is 12.8 Å². The smallest absolute Gasteiger partial charge is 0.416 e. The van der Waals surface area contributed by atoms with E-state index < -0.39 is 17.8 Å². The van der Waals surface area contributed by atoms with Gasteiger partial charge in [0.2, 0.25) is 0 Å². The molecule has 3 amide bonds. The fourth-order valence-corrected chi connectivity index (χ4v) is 4.18. The van der Waals surface area contributed by atoms with Crippen LogP contribution >= 0.6 is 11.3 Å². The van der Waals surface area contributed by atoms with Crippen molar-refractivity contribution in [3.05, 3.63) is 83.7 Å². The molecule has 35 heavy (non-hydrogen) atoms. The summed E-state index contributed by atoms with van der Waals surface area (Å²) >= 11 is 1.29. The van der Waals surface area contributed by atoms with Crippen molar-refractivity contribution in [3.8, 4) is 5.75 Å². The average molecular weight is 501 g/mol. The third-order valence-corrected chi connectivity index (χ3v) is 5.88. The second-order valence-electron chi connectivity index (χ2n) is 7.39. The first kappa shape index (κ1) is 24.0. The Morgan fingerprint density at radius 1 is 1.03 bits per heavy atom. The molecule has 2 heterocycles. The quantitative estimate of drug-likeness (QED) is 0.308. The molecule has 0 saturated carbocycles. The number of benzene rings is 2. The van der Waals surface area contributed by atoms with E-state index >= 15 is 0 Å². The zero-order chi connectivity index (χ0) is 25.0. The Bertz CT molecular complexity index is 1390. The number of urea groups is 1. The Balaban J connectivity index is 1.40.